The number of benzene rings is 1. The van der Waals surface area contributed by atoms with Crippen LogP contribution in [0, 0.1) is 0 Å². The van der Waals surface area contributed by atoms with Crippen molar-refractivity contribution in [1.29, 1.82) is 0 Å². The van der Waals surface area contributed by atoms with E-state index in [1.807, 2.05) is 0 Å². The lowest BCUT2D eigenvalue weighted by Gasteiger charge is -2.08. The number of carboxylic acids is 1. The fraction of sp³-hybridized carbons (Fsp3) is 0.125. The average Bonchev–Trinajstić information content (AvgIpc) is 2.01. The molecule has 0 saturated heterocycles. The lowest BCUT2D eigenvalue weighted by molar-refractivity contribution is -0.139. The van der Waals surface area contributed by atoms with Crippen molar-refractivity contribution in [2.75, 3.05) is 12.3 Å². The Morgan fingerprint density at radius 3 is 2.36 bits per heavy atom. The zero-order valence-electron chi connectivity index (χ0n) is 6.96. The second kappa shape index (κ2) is 4.39. The molecule has 0 spiro atoms. The molecule has 6 heteroatoms. The van der Waals surface area contributed by atoms with Crippen molar-refractivity contribution in [3.05, 3.63) is 22.2 Å². The highest BCUT2D eigenvalue weighted by Crippen LogP contribution is 2.34. The van der Waals surface area contributed by atoms with E-state index in [1.54, 1.807) is 0 Å². The van der Waals surface area contributed by atoms with Crippen molar-refractivity contribution in [3.63, 3.8) is 0 Å². The van der Waals surface area contributed by atoms with Gasteiger partial charge in [0.25, 0.3) is 0 Å². The molecule has 0 fully saturated rings. The molecule has 0 aliphatic heterocycles. The van der Waals surface area contributed by atoms with Crippen molar-refractivity contribution >= 4 is 34.9 Å². The first-order chi connectivity index (χ1) is 6.50. The summed E-state index contributed by atoms with van der Waals surface area (Å²) in [6, 6.07) is 2.87. The summed E-state index contributed by atoms with van der Waals surface area (Å²) in [5.74, 6) is -0.973. The van der Waals surface area contributed by atoms with E-state index in [-0.39, 0.29) is 15.8 Å². The highest BCUT2D eigenvalue weighted by atomic mass is 35.5. The number of ether oxygens (including phenoxy) is 1. The quantitative estimate of drug-likeness (QED) is 0.787. The summed E-state index contributed by atoms with van der Waals surface area (Å²) >= 11 is 11.5. The largest absolute Gasteiger partial charge is 0.479 e. The number of nitrogen functional groups attached to an aromatic ring is 1. The van der Waals surface area contributed by atoms with Crippen LogP contribution in [-0.4, -0.2) is 17.7 Å². The first-order valence-electron chi connectivity index (χ1n) is 3.60. The van der Waals surface area contributed by atoms with E-state index in [0.717, 1.165) is 0 Å². The van der Waals surface area contributed by atoms with Crippen molar-refractivity contribution in [3.8, 4) is 5.75 Å². The number of anilines is 1. The van der Waals surface area contributed by atoms with Crippen LogP contribution >= 0.6 is 23.2 Å². The van der Waals surface area contributed by atoms with Gasteiger partial charge in [-0.1, -0.05) is 23.2 Å². The van der Waals surface area contributed by atoms with Crippen molar-refractivity contribution in [2.45, 2.75) is 0 Å². The molecule has 3 N–H and O–H groups in total. The summed E-state index contributed by atoms with van der Waals surface area (Å²) < 4.78 is 4.86. The number of carbonyl (C=O) groups is 1. The summed E-state index contributed by atoms with van der Waals surface area (Å²) in [6.45, 7) is -0.497. The van der Waals surface area contributed by atoms with Crippen LogP contribution in [0.4, 0.5) is 5.69 Å². The number of hydrogen-bond donors (Lipinski definition) is 2. The molecule has 0 unspecified atom stereocenters. The molecule has 0 radical (unpaired) electrons. The van der Waals surface area contributed by atoms with Gasteiger partial charge in [0.1, 0.15) is 0 Å². The van der Waals surface area contributed by atoms with Crippen LogP contribution < -0.4 is 10.5 Å². The van der Waals surface area contributed by atoms with Gasteiger partial charge in [0.2, 0.25) is 0 Å². The molecule has 14 heavy (non-hydrogen) atoms. The fourth-order valence-corrected chi connectivity index (χ4v) is 1.46. The van der Waals surface area contributed by atoms with Crippen LogP contribution in [0.2, 0.25) is 10.0 Å². The molecule has 76 valence electrons. The lowest BCUT2D eigenvalue weighted by Crippen LogP contribution is -2.10. The Balaban J connectivity index is 2.91. The molecule has 0 aromatic heterocycles. The van der Waals surface area contributed by atoms with E-state index in [0.29, 0.717) is 5.69 Å². The van der Waals surface area contributed by atoms with E-state index in [2.05, 4.69) is 0 Å². The van der Waals surface area contributed by atoms with Gasteiger partial charge in [-0.3, -0.25) is 0 Å². The predicted molar refractivity (Wildman–Crippen MR) is 54.0 cm³/mol. The monoisotopic (exact) mass is 235 g/mol. The number of nitrogens with two attached hydrogens (primary N) is 1. The second-order valence-electron chi connectivity index (χ2n) is 2.50. The van der Waals surface area contributed by atoms with Crippen LogP contribution in [0.25, 0.3) is 0 Å². The maximum absolute atomic E-state index is 10.2. The van der Waals surface area contributed by atoms with E-state index in [9.17, 15) is 4.79 Å². The van der Waals surface area contributed by atoms with E-state index < -0.39 is 12.6 Å². The van der Waals surface area contributed by atoms with Crippen LogP contribution in [0.1, 0.15) is 0 Å². The minimum atomic E-state index is -1.10. The molecule has 0 aliphatic carbocycles. The first kappa shape index (κ1) is 10.9. The summed E-state index contributed by atoms with van der Waals surface area (Å²) in [5.41, 5.74) is 5.83. The second-order valence-corrected chi connectivity index (χ2v) is 3.31. The van der Waals surface area contributed by atoms with Gasteiger partial charge in [-0.15, -0.1) is 0 Å². The normalized spacial score (nSPS) is 9.86. The Kier molecular flexibility index (Phi) is 3.43. The predicted octanol–water partition coefficient (Wildman–Crippen LogP) is 2.04. The number of carboxylic acid groups (broad SMARTS) is 1. The molecule has 1 aromatic rings. The molecular formula is C8H7Cl2NO3. The third-order valence-corrected chi connectivity index (χ3v) is 1.92. The van der Waals surface area contributed by atoms with E-state index >= 15 is 0 Å². The standard InChI is InChI=1S/C8H7Cl2NO3/c9-5-1-4(11)2-6(10)8(5)14-3-7(12)13/h1-2H,3,11H2,(H,12,13). The van der Waals surface area contributed by atoms with Gasteiger partial charge < -0.3 is 15.6 Å². The zero-order valence-corrected chi connectivity index (χ0v) is 8.47. The third kappa shape index (κ3) is 2.68. The van der Waals surface area contributed by atoms with Gasteiger partial charge in [0, 0.05) is 5.69 Å². The Bertz CT molecular complexity index is 345. The van der Waals surface area contributed by atoms with Gasteiger partial charge in [-0.2, -0.15) is 0 Å². The molecular weight excluding hydrogens is 229 g/mol. The van der Waals surface area contributed by atoms with Crippen molar-refractivity contribution in [1.82, 2.24) is 0 Å². The van der Waals surface area contributed by atoms with Gasteiger partial charge >= 0.3 is 5.97 Å². The summed E-state index contributed by atoms with van der Waals surface area (Å²) in [7, 11) is 0. The number of rotatable bonds is 3. The van der Waals surface area contributed by atoms with E-state index in [1.165, 1.54) is 12.1 Å². The lowest BCUT2D eigenvalue weighted by atomic mass is 10.3. The number of hydrogen-bond acceptors (Lipinski definition) is 3. The maximum atomic E-state index is 10.2. The topological polar surface area (TPSA) is 72.5 Å². The Morgan fingerprint density at radius 1 is 1.43 bits per heavy atom. The van der Waals surface area contributed by atoms with Gasteiger partial charge in [0.05, 0.1) is 10.0 Å². The minimum Gasteiger partial charge on any atom is -0.479 e. The van der Waals surface area contributed by atoms with Gasteiger partial charge in [-0.25, -0.2) is 4.79 Å². The third-order valence-electron chi connectivity index (χ3n) is 1.36. The summed E-state index contributed by atoms with van der Waals surface area (Å²) in [4.78, 5) is 10.2. The molecule has 1 aromatic carbocycles. The fourth-order valence-electron chi connectivity index (χ4n) is 0.851. The van der Waals surface area contributed by atoms with Gasteiger partial charge in [0.15, 0.2) is 12.4 Å². The molecule has 1 rings (SSSR count). The van der Waals surface area contributed by atoms with Crippen LogP contribution in [0.3, 0.4) is 0 Å². The molecule has 0 amide bonds. The SMILES string of the molecule is Nc1cc(Cl)c(OCC(=O)O)c(Cl)c1. The number of halogens is 2. The molecule has 4 nitrogen and oxygen atoms in total. The van der Waals surface area contributed by atoms with Crippen molar-refractivity contribution in [2.24, 2.45) is 0 Å². The van der Waals surface area contributed by atoms with Crippen LogP contribution in [-0.2, 0) is 4.79 Å². The van der Waals surface area contributed by atoms with Crippen molar-refractivity contribution < 1.29 is 14.6 Å². The first-order valence-corrected chi connectivity index (χ1v) is 4.35. The van der Waals surface area contributed by atoms with Crippen LogP contribution in [0.15, 0.2) is 12.1 Å². The minimum absolute atomic E-state index is 0.130. The van der Waals surface area contributed by atoms with Gasteiger partial charge in [-0.05, 0) is 12.1 Å². The summed E-state index contributed by atoms with van der Waals surface area (Å²) in [5, 5.41) is 8.76. The Labute approximate surface area is 90.2 Å². The molecule has 0 atom stereocenters. The molecule has 0 aliphatic rings. The van der Waals surface area contributed by atoms with E-state index in [4.69, 9.17) is 38.8 Å². The molecule has 0 heterocycles. The number of aliphatic carboxylic acids is 1. The summed E-state index contributed by atoms with van der Waals surface area (Å²) in [6.07, 6.45) is 0. The molecule has 0 saturated carbocycles. The smallest absolute Gasteiger partial charge is 0.341 e. The highest BCUT2D eigenvalue weighted by Gasteiger charge is 2.10. The highest BCUT2D eigenvalue weighted by molar-refractivity contribution is 6.37. The molecule has 0 bridgehead atoms. The average molecular weight is 236 g/mol. The van der Waals surface area contributed by atoms with Crippen LogP contribution in [0.5, 0.6) is 5.75 Å². The Morgan fingerprint density at radius 2 is 1.93 bits per heavy atom. The zero-order chi connectivity index (χ0) is 10.7. The Hall–Kier alpha value is -1.13. The maximum Gasteiger partial charge on any atom is 0.341 e.